The predicted molar refractivity (Wildman–Crippen MR) is 125 cm³/mol. The van der Waals surface area contributed by atoms with E-state index in [9.17, 15) is 4.79 Å². The number of nitrogens with one attached hydrogen (secondary N) is 1. The van der Waals surface area contributed by atoms with E-state index < -0.39 is 0 Å². The molecule has 1 fully saturated rings. The zero-order chi connectivity index (χ0) is 22.3. The largest absolute Gasteiger partial charge is 0.353 e. The number of amides is 1. The lowest BCUT2D eigenvalue weighted by molar-refractivity contribution is -0.127. The van der Waals surface area contributed by atoms with Crippen molar-refractivity contribution in [1.82, 2.24) is 20.4 Å². The summed E-state index contributed by atoms with van der Waals surface area (Å²) in [7, 11) is 0. The maximum absolute atomic E-state index is 12.9. The lowest BCUT2D eigenvalue weighted by atomic mass is 9.96. The summed E-state index contributed by atoms with van der Waals surface area (Å²) in [5.74, 6) is 1.38. The highest BCUT2D eigenvalue weighted by molar-refractivity contribution is 5.79. The molecule has 4 rings (SSSR count). The smallest absolute Gasteiger partial charge is 0.241 e. The van der Waals surface area contributed by atoms with Crippen molar-refractivity contribution < 1.29 is 9.32 Å². The van der Waals surface area contributed by atoms with Gasteiger partial charge in [0, 0.05) is 18.2 Å². The molecular weight excluding hydrogens is 400 g/mol. The predicted octanol–water partition coefficient (Wildman–Crippen LogP) is 4.39. The van der Waals surface area contributed by atoms with Crippen molar-refractivity contribution in [3.8, 4) is 11.4 Å². The zero-order valence-corrected chi connectivity index (χ0v) is 19.0. The quantitative estimate of drug-likeness (QED) is 0.571. The normalized spacial score (nSPS) is 17.8. The van der Waals surface area contributed by atoms with Crippen LogP contribution in [-0.2, 0) is 17.8 Å². The number of nitrogens with zero attached hydrogens (tertiary/aromatic N) is 3. The minimum atomic E-state index is 0.00156. The number of benzene rings is 2. The van der Waals surface area contributed by atoms with Gasteiger partial charge in [-0.3, -0.25) is 9.69 Å². The Morgan fingerprint density at radius 1 is 1.19 bits per heavy atom. The van der Waals surface area contributed by atoms with E-state index in [4.69, 9.17) is 4.52 Å². The lowest BCUT2D eigenvalue weighted by Crippen LogP contribution is -2.45. The molecular formula is C26H32N4O2. The van der Waals surface area contributed by atoms with Gasteiger partial charge in [-0.1, -0.05) is 59.8 Å². The van der Waals surface area contributed by atoms with Crippen LogP contribution in [-0.4, -0.2) is 40.1 Å². The Balaban J connectivity index is 1.28. The first-order valence-electron chi connectivity index (χ1n) is 11.5. The van der Waals surface area contributed by atoms with Crippen LogP contribution in [0.1, 0.15) is 43.2 Å². The maximum atomic E-state index is 12.9. The Morgan fingerprint density at radius 2 is 1.97 bits per heavy atom. The van der Waals surface area contributed by atoms with Gasteiger partial charge in [-0.25, -0.2) is 0 Å². The number of likely N-dealkylation sites (tertiary alicyclic amines) is 1. The average molecular weight is 433 g/mol. The summed E-state index contributed by atoms with van der Waals surface area (Å²) < 4.78 is 5.51. The number of carbonyl (C=O) groups excluding carboxylic acids is 1. The number of aryl methyl sites for hydroxylation is 2. The van der Waals surface area contributed by atoms with E-state index in [1.165, 1.54) is 5.56 Å². The fraction of sp³-hybridized carbons (Fsp3) is 0.423. The van der Waals surface area contributed by atoms with Crippen LogP contribution in [0.3, 0.4) is 0 Å². The SMILES string of the molecule is Cc1ccccc1-c1noc(CN2CCCC(C(=O)NC(C)CCc3ccccc3)C2)n1. The van der Waals surface area contributed by atoms with Gasteiger partial charge in [0.25, 0.3) is 0 Å². The molecule has 6 nitrogen and oxygen atoms in total. The summed E-state index contributed by atoms with van der Waals surface area (Å²) in [6.45, 7) is 6.37. The highest BCUT2D eigenvalue weighted by Crippen LogP contribution is 2.22. The molecule has 3 aromatic rings. The first kappa shape index (κ1) is 22.2. The molecule has 0 aliphatic carbocycles. The van der Waals surface area contributed by atoms with Gasteiger partial charge in [-0.15, -0.1) is 0 Å². The lowest BCUT2D eigenvalue weighted by Gasteiger charge is -2.31. The van der Waals surface area contributed by atoms with Crippen molar-refractivity contribution >= 4 is 5.91 Å². The van der Waals surface area contributed by atoms with Crippen LogP contribution in [0.2, 0.25) is 0 Å². The minimum absolute atomic E-state index is 0.00156. The summed E-state index contributed by atoms with van der Waals surface area (Å²) in [5, 5.41) is 7.38. The number of carbonyl (C=O) groups is 1. The van der Waals surface area contributed by atoms with Gasteiger partial charge in [-0.05, 0) is 57.2 Å². The second kappa shape index (κ2) is 10.6. The average Bonchev–Trinajstić information content (AvgIpc) is 3.27. The van der Waals surface area contributed by atoms with Crippen molar-refractivity contribution in [3.63, 3.8) is 0 Å². The van der Waals surface area contributed by atoms with Crippen molar-refractivity contribution in [2.75, 3.05) is 13.1 Å². The molecule has 0 bridgehead atoms. The summed E-state index contributed by atoms with van der Waals surface area (Å²) in [4.78, 5) is 19.7. The number of hydrogen-bond acceptors (Lipinski definition) is 5. The third-order valence-corrected chi connectivity index (χ3v) is 6.19. The first-order chi connectivity index (χ1) is 15.6. The topological polar surface area (TPSA) is 71.3 Å². The summed E-state index contributed by atoms with van der Waals surface area (Å²) in [6, 6.07) is 18.6. The van der Waals surface area contributed by atoms with Gasteiger partial charge in [0.15, 0.2) is 0 Å². The Kier molecular flexibility index (Phi) is 7.32. The van der Waals surface area contributed by atoms with Gasteiger partial charge in [0.1, 0.15) is 0 Å². The number of hydrogen-bond donors (Lipinski definition) is 1. The molecule has 1 saturated heterocycles. The van der Waals surface area contributed by atoms with Crippen LogP contribution in [0.5, 0.6) is 0 Å². The molecule has 168 valence electrons. The molecule has 32 heavy (non-hydrogen) atoms. The summed E-state index contributed by atoms with van der Waals surface area (Å²) in [5.41, 5.74) is 3.42. The van der Waals surface area contributed by atoms with Gasteiger partial charge < -0.3 is 9.84 Å². The van der Waals surface area contributed by atoms with Crippen LogP contribution in [0.4, 0.5) is 0 Å². The van der Waals surface area contributed by atoms with Gasteiger partial charge in [0.05, 0.1) is 12.5 Å². The Hall–Kier alpha value is -2.99. The fourth-order valence-corrected chi connectivity index (χ4v) is 4.32. The molecule has 1 N–H and O–H groups in total. The maximum Gasteiger partial charge on any atom is 0.241 e. The van der Waals surface area contributed by atoms with E-state index in [1.54, 1.807) is 0 Å². The van der Waals surface area contributed by atoms with Crippen molar-refractivity contribution in [2.45, 2.75) is 52.1 Å². The Bertz CT molecular complexity index is 1020. The van der Waals surface area contributed by atoms with E-state index in [1.807, 2.05) is 37.3 Å². The number of aromatic nitrogens is 2. The molecule has 2 unspecified atom stereocenters. The molecule has 6 heteroatoms. The van der Waals surface area contributed by atoms with Crippen molar-refractivity contribution in [1.29, 1.82) is 0 Å². The van der Waals surface area contributed by atoms with E-state index in [-0.39, 0.29) is 17.9 Å². The summed E-state index contributed by atoms with van der Waals surface area (Å²) >= 11 is 0. The monoisotopic (exact) mass is 432 g/mol. The molecule has 2 aromatic carbocycles. The summed E-state index contributed by atoms with van der Waals surface area (Å²) in [6.07, 6.45) is 3.83. The van der Waals surface area contributed by atoms with Gasteiger partial charge >= 0.3 is 0 Å². The number of rotatable bonds is 8. The molecule has 1 aromatic heterocycles. The van der Waals surface area contributed by atoms with Crippen molar-refractivity contribution in [2.24, 2.45) is 5.92 Å². The third kappa shape index (κ3) is 5.82. The Morgan fingerprint density at radius 3 is 2.78 bits per heavy atom. The second-order valence-electron chi connectivity index (χ2n) is 8.83. The first-order valence-corrected chi connectivity index (χ1v) is 11.5. The van der Waals surface area contributed by atoms with Crippen LogP contribution in [0.25, 0.3) is 11.4 Å². The molecule has 1 aliphatic rings. The Labute approximate surface area is 190 Å². The van der Waals surface area contributed by atoms with Crippen LogP contribution in [0, 0.1) is 12.8 Å². The van der Waals surface area contributed by atoms with E-state index >= 15 is 0 Å². The van der Waals surface area contributed by atoms with Crippen LogP contribution >= 0.6 is 0 Å². The van der Waals surface area contributed by atoms with E-state index in [0.717, 1.165) is 49.9 Å². The second-order valence-corrected chi connectivity index (χ2v) is 8.83. The highest BCUT2D eigenvalue weighted by Gasteiger charge is 2.27. The standard InChI is InChI=1S/C26H32N4O2/c1-19-9-6-7-13-23(19)25-28-24(32-29-25)18-30-16-8-12-22(17-30)26(31)27-20(2)14-15-21-10-4-3-5-11-21/h3-7,9-11,13,20,22H,8,12,14-18H2,1-2H3,(H,27,31). The van der Waals surface area contributed by atoms with Gasteiger partial charge in [-0.2, -0.15) is 4.98 Å². The van der Waals surface area contributed by atoms with Crippen LogP contribution in [0.15, 0.2) is 59.1 Å². The fourth-order valence-electron chi connectivity index (χ4n) is 4.32. The molecule has 0 radical (unpaired) electrons. The molecule has 2 heterocycles. The number of piperidine rings is 1. The van der Waals surface area contributed by atoms with Crippen LogP contribution < -0.4 is 5.32 Å². The van der Waals surface area contributed by atoms with E-state index in [2.05, 4.69) is 51.5 Å². The van der Waals surface area contributed by atoms with E-state index in [0.29, 0.717) is 18.3 Å². The molecule has 2 atom stereocenters. The third-order valence-electron chi connectivity index (χ3n) is 6.19. The molecule has 0 saturated carbocycles. The van der Waals surface area contributed by atoms with Gasteiger partial charge in [0.2, 0.25) is 17.6 Å². The van der Waals surface area contributed by atoms with Crippen molar-refractivity contribution in [3.05, 3.63) is 71.6 Å². The highest BCUT2D eigenvalue weighted by atomic mass is 16.5. The molecule has 1 amide bonds. The minimum Gasteiger partial charge on any atom is -0.353 e. The zero-order valence-electron chi connectivity index (χ0n) is 19.0. The molecule has 0 spiro atoms. The molecule has 1 aliphatic heterocycles.